The lowest BCUT2D eigenvalue weighted by Crippen LogP contribution is -2.43. The zero-order chi connectivity index (χ0) is 21.6. The average Bonchev–Trinajstić information content (AvgIpc) is 2.63. The number of carbonyl (C=O) groups is 1. The molecule has 0 aromatic heterocycles. The zero-order valence-electron chi connectivity index (χ0n) is 18.6. The first-order valence-electron chi connectivity index (χ1n) is 10.7. The number of nitrogens with zero attached hydrogens (tertiary/aromatic N) is 2. The van der Waals surface area contributed by atoms with E-state index in [9.17, 15) is 13.2 Å². The van der Waals surface area contributed by atoms with Crippen molar-refractivity contribution in [3.05, 3.63) is 28.8 Å². The molecule has 1 aliphatic heterocycles. The number of hydrogen-bond acceptors (Lipinski definition) is 4. The summed E-state index contributed by atoms with van der Waals surface area (Å²) in [5.41, 5.74) is 3.39. The Kier molecular flexibility index (Phi) is 8.52. The van der Waals surface area contributed by atoms with Gasteiger partial charge in [0.25, 0.3) is 0 Å². The molecule has 1 saturated heterocycles. The number of anilines is 1. The van der Waals surface area contributed by atoms with Crippen molar-refractivity contribution in [2.45, 2.75) is 65.8 Å². The molecule has 0 aliphatic carbocycles. The normalized spacial score (nSPS) is 17.9. The van der Waals surface area contributed by atoms with Crippen LogP contribution in [0.1, 0.15) is 55.7 Å². The van der Waals surface area contributed by atoms with E-state index in [0.717, 1.165) is 42.5 Å². The Labute approximate surface area is 176 Å². The Morgan fingerprint density at radius 2 is 1.86 bits per heavy atom. The molecule has 1 atom stereocenters. The lowest BCUT2D eigenvalue weighted by Gasteiger charge is -2.35. The molecule has 0 spiro atoms. The Bertz CT molecular complexity index is 785. The van der Waals surface area contributed by atoms with Crippen LogP contribution < -0.4 is 9.62 Å². The summed E-state index contributed by atoms with van der Waals surface area (Å²) in [6, 6.07) is 4.55. The van der Waals surface area contributed by atoms with E-state index >= 15 is 0 Å². The predicted octanol–water partition coefficient (Wildman–Crippen LogP) is 3.15. The second-order valence-corrected chi connectivity index (χ2v) is 10.2. The SMILES string of the molecule is CCC1CCCCN1CCCNC(=O)CN(c1c(C)cc(C)cc1C)S(C)(=O)=O. The van der Waals surface area contributed by atoms with Gasteiger partial charge in [-0.15, -0.1) is 0 Å². The first kappa shape index (κ1) is 23.7. The van der Waals surface area contributed by atoms with Crippen LogP contribution in [-0.4, -0.2) is 57.7 Å². The number of rotatable bonds is 9. The molecule has 1 N–H and O–H groups in total. The molecule has 6 nitrogen and oxygen atoms in total. The molecule has 0 saturated carbocycles. The molecule has 164 valence electrons. The molecule has 0 radical (unpaired) electrons. The molecule has 1 heterocycles. The topological polar surface area (TPSA) is 69.7 Å². The van der Waals surface area contributed by atoms with E-state index < -0.39 is 10.0 Å². The van der Waals surface area contributed by atoms with Gasteiger partial charge in [0, 0.05) is 19.1 Å². The highest BCUT2D eigenvalue weighted by Gasteiger charge is 2.24. The van der Waals surface area contributed by atoms with E-state index in [1.54, 1.807) is 0 Å². The van der Waals surface area contributed by atoms with E-state index in [1.807, 2.05) is 32.9 Å². The van der Waals surface area contributed by atoms with Crippen LogP contribution in [0, 0.1) is 20.8 Å². The predicted molar refractivity (Wildman–Crippen MR) is 120 cm³/mol. The maximum absolute atomic E-state index is 12.5. The second-order valence-electron chi connectivity index (χ2n) is 8.31. The van der Waals surface area contributed by atoms with Crippen molar-refractivity contribution in [3.8, 4) is 0 Å². The van der Waals surface area contributed by atoms with Gasteiger partial charge in [-0.1, -0.05) is 31.0 Å². The molecule has 1 fully saturated rings. The molecule has 1 aromatic carbocycles. The van der Waals surface area contributed by atoms with Crippen LogP contribution in [0.3, 0.4) is 0 Å². The van der Waals surface area contributed by atoms with E-state index in [4.69, 9.17) is 0 Å². The number of carbonyl (C=O) groups excluding carboxylic acids is 1. The molecular formula is C22H37N3O3S. The number of amides is 1. The van der Waals surface area contributed by atoms with Gasteiger partial charge < -0.3 is 10.2 Å². The van der Waals surface area contributed by atoms with Crippen molar-refractivity contribution < 1.29 is 13.2 Å². The fourth-order valence-electron chi connectivity index (χ4n) is 4.44. The number of piperidine rings is 1. The largest absolute Gasteiger partial charge is 0.354 e. The first-order chi connectivity index (χ1) is 13.6. The molecule has 2 rings (SSSR count). The smallest absolute Gasteiger partial charge is 0.240 e. The molecule has 0 bridgehead atoms. The molecular weight excluding hydrogens is 386 g/mol. The van der Waals surface area contributed by atoms with Crippen molar-refractivity contribution in [3.63, 3.8) is 0 Å². The standard InChI is InChI=1S/C22H37N3O3S/c1-6-20-10-7-8-12-24(20)13-9-11-23-21(26)16-25(29(5,27)28)22-18(3)14-17(2)15-19(22)4/h14-15,20H,6-13,16H2,1-5H3,(H,23,26). The minimum atomic E-state index is -3.57. The number of aryl methyl sites for hydroxylation is 3. The van der Waals surface area contributed by atoms with Gasteiger partial charge in [0.1, 0.15) is 6.54 Å². The fourth-order valence-corrected chi connectivity index (χ4v) is 5.41. The highest BCUT2D eigenvalue weighted by molar-refractivity contribution is 7.92. The molecule has 1 unspecified atom stereocenters. The van der Waals surface area contributed by atoms with Gasteiger partial charge in [-0.3, -0.25) is 9.10 Å². The minimum Gasteiger partial charge on any atom is -0.354 e. The number of sulfonamides is 1. The molecule has 1 aromatic rings. The third-order valence-electron chi connectivity index (χ3n) is 5.74. The highest BCUT2D eigenvalue weighted by atomic mass is 32.2. The Morgan fingerprint density at radius 1 is 1.21 bits per heavy atom. The van der Waals surface area contributed by atoms with Crippen LogP contribution in [0.5, 0.6) is 0 Å². The minimum absolute atomic E-state index is 0.190. The second kappa shape index (κ2) is 10.4. The van der Waals surface area contributed by atoms with Crippen molar-refractivity contribution >= 4 is 21.6 Å². The summed E-state index contributed by atoms with van der Waals surface area (Å²) in [6.45, 7) is 10.5. The zero-order valence-corrected chi connectivity index (χ0v) is 19.4. The van der Waals surface area contributed by atoms with Gasteiger partial charge in [-0.2, -0.15) is 0 Å². The van der Waals surface area contributed by atoms with Gasteiger partial charge in [0.2, 0.25) is 15.9 Å². The fraction of sp³-hybridized carbons (Fsp3) is 0.682. The van der Waals surface area contributed by atoms with E-state index in [0.29, 0.717) is 18.3 Å². The molecule has 7 heteroatoms. The maximum atomic E-state index is 12.5. The van der Waals surface area contributed by atoms with E-state index in [-0.39, 0.29) is 12.5 Å². The maximum Gasteiger partial charge on any atom is 0.240 e. The van der Waals surface area contributed by atoms with Crippen LogP contribution in [0.15, 0.2) is 12.1 Å². The summed E-state index contributed by atoms with van der Waals surface area (Å²) in [4.78, 5) is 15.0. The van der Waals surface area contributed by atoms with Crippen molar-refractivity contribution in [2.24, 2.45) is 0 Å². The highest BCUT2D eigenvalue weighted by Crippen LogP contribution is 2.28. The number of benzene rings is 1. The number of nitrogens with one attached hydrogen (secondary N) is 1. The summed E-state index contributed by atoms with van der Waals surface area (Å²) in [5, 5.41) is 2.91. The Hall–Kier alpha value is -1.60. The van der Waals surface area contributed by atoms with E-state index in [1.165, 1.54) is 30.0 Å². The quantitative estimate of drug-likeness (QED) is 0.620. The van der Waals surface area contributed by atoms with Crippen LogP contribution in [0.2, 0.25) is 0 Å². The summed E-state index contributed by atoms with van der Waals surface area (Å²) >= 11 is 0. The molecule has 1 aliphatic rings. The lowest BCUT2D eigenvalue weighted by atomic mass is 10.00. The average molecular weight is 424 g/mol. The summed E-state index contributed by atoms with van der Waals surface area (Å²) < 4.78 is 26.0. The third kappa shape index (κ3) is 6.71. The lowest BCUT2D eigenvalue weighted by molar-refractivity contribution is -0.119. The van der Waals surface area contributed by atoms with E-state index in [2.05, 4.69) is 17.1 Å². The van der Waals surface area contributed by atoms with Crippen LogP contribution in [0.25, 0.3) is 0 Å². The van der Waals surface area contributed by atoms with Crippen LogP contribution >= 0.6 is 0 Å². The summed E-state index contributed by atoms with van der Waals surface area (Å²) in [7, 11) is -3.57. The number of likely N-dealkylation sites (tertiary alicyclic amines) is 1. The van der Waals surface area contributed by atoms with Crippen LogP contribution in [-0.2, 0) is 14.8 Å². The summed E-state index contributed by atoms with van der Waals surface area (Å²) in [5.74, 6) is -0.263. The first-order valence-corrected chi connectivity index (χ1v) is 12.5. The Morgan fingerprint density at radius 3 is 2.45 bits per heavy atom. The van der Waals surface area contributed by atoms with Gasteiger partial charge in [0.15, 0.2) is 0 Å². The van der Waals surface area contributed by atoms with Gasteiger partial charge in [-0.05, 0) is 64.1 Å². The molecule has 29 heavy (non-hydrogen) atoms. The van der Waals surface area contributed by atoms with Crippen molar-refractivity contribution in [2.75, 3.05) is 36.7 Å². The summed E-state index contributed by atoms with van der Waals surface area (Å²) in [6.07, 6.45) is 7.03. The van der Waals surface area contributed by atoms with Gasteiger partial charge in [0.05, 0.1) is 11.9 Å². The van der Waals surface area contributed by atoms with Crippen molar-refractivity contribution in [1.29, 1.82) is 0 Å². The van der Waals surface area contributed by atoms with Gasteiger partial charge >= 0.3 is 0 Å². The third-order valence-corrected chi connectivity index (χ3v) is 6.85. The van der Waals surface area contributed by atoms with Gasteiger partial charge in [-0.25, -0.2) is 8.42 Å². The monoisotopic (exact) mass is 423 g/mol. The van der Waals surface area contributed by atoms with Crippen LogP contribution in [0.4, 0.5) is 5.69 Å². The Balaban J connectivity index is 1.94. The molecule has 1 amide bonds. The van der Waals surface area contributed by atoms with Crippen molar-refractivity contribution in [1.82, 2.24) is 10.2 Å². The number of hydrogen-bond donors (Lipinski definition) is 1.